The second-order valence-electron chi connectivity index (χ2n) is 6.52. The largest absolute Gasteiger partial charge is 0.295 e. The van der Waals surface area contributed by atoms with Gasteiger partial charge in [-0.15, -0.1) is 0 Å². The van der Waals surface area contributed by atoms with E-state index in [0.717, 1.165) is 28.7 Å². The minimum absolute atomic E-state index is 0.275. The molecule has 1 saturated carbocycles. The molecule has 1 nitrogen and oxygen atoms in total. The molecule has 0 radical (unpaired) electrons. The molecule has 1 fully saturated rings. The predicted molar refractivity (Wildman–Crippen MR) is 102 cm³/mol. The monoisotopic (exact) mass is 324 g/mol. The summed E-state index contributed by atoms with van der Waals surface area (Å²) in [5, 5.41) is 0. The van der Waals surface area contributed by atoms with Crippen LogP contribution in [0, 0.1) is 0 Å². The van der Waals surface area contributed by atoms with Crippen LogP contribution in [0.1, 0.15) is 35.4 Å². The van der Waals surface area contributed by atoms with Gasteiger partial charge in [0.2, 0.25) is 0 Å². The van der Waals surface area contributed by atoms with E-state index >= 15 is 0 Å². The Morgan fingerprint density at radius 2 is 1.12 bits per heavy atom. The van der Waals surface area contributed by atoms with E-state index in [1.54, 1.807) is 0 Å². The van der Waals surface area contributed by atoms with Gasteiger partial charge in [-0.25, -0.2) is 0 Å². The van der Waals surface area contributed by atoms with Crippen LogP contribution in [0.15, 0.2) is 96.6 Å². The van der Waals surface area contributed by atoms with Crippen molar-refractivity contribution in [3.63, 3.8) is 0 Å². The van der Waals surface area contributed by atoms with Gasteiger partial charge >= 0.3 is 0 Å². The molecule has 0 amide bonds. The summed E-state index contributed by atoms with van der Waals surface area (Å²) in [6, 6.07) is 30.9. The predicted octanol–water partition coefficient (Wildman–Crippen LogP) is 5.64. The number of benzene rings is 3. The molecule has 1 aliphatic rings. The molecule has 122 valence electrons. The van der Waals surface area contributed by atoms with Crippen molar-refractivity contribution in [3.05, 3.63) is 113 Å². The van der Waals surface area contributed by atoms with E-state index in [4.69, 9.17) is 0 Å². The topological polar surface area (TPSA) is 17.1 Å². The standard InChI is InChI=1S/C24H20O/c25-23-17-21(18-10-4-1-5-11-18)16-22(23)24(19-12-6-2-7-13-19)20-14-8-3-9-15-20/h1-15,21H,16-17H2. The average molecular weight is 324 g/mol. The van der Waals surface area contributed by atoms with Crippen molar-refractivity contribution in [2.45, 2.75) is 18.8 Å². The highest BCUT2D eigenvalue weighted by molar-refractivity contribution is 6.08. The number of carbonyl (C=O) groups is 1. The minimum atomic E-state index is 0.275. The molecule has 4 rings (SSSR count). The highest BCUT2D eigenvalue weighted by Gasteiger charge is 2.31. The maximum absolute atomic E-state index is 12.9. The third-order valence-corrected chi connectivity index (χ3v) is 4.92. The van der Waals surface area contributed by atoms with E-state index in [1.807, 2.05) is 42.5 Å². The minimum Gasteiger partial charge on any atom is -0.295 e. The van der Waals surface area contributed by atoms with Crippen LogP contribution in [0.5, 0.6) is 0 Å². The van der Waals surface area contributed by atoms with Crippen LogP contribution >= 0.6 is 0 Å². The third kappa shape index (κ3) is 3.18. The first-order valence-corrected chi connectivity index (χ1v) is 8.75. The molecule has 0 heterocycles. The quantitative estimate of drug-likeness (QED) is 0.570. The molecule has 0 aliphatic heterocycles. The van der Waals surface area contributed by atoms with Gasteiger partial charge in [0.25, 0.3) is 0 Å². The highest BCUT2D eigenvalue weighted by Crippen LogP contribution is 2.41. The Hall–Kier alpha value is -2.93. The Morgan fingerprint density at radius 1 is 0.640 bits per heavy atom. The Labute approximate surface area is 148 Å². The van der Waals surface area contributed by atoms with Crippen LogP contribution in [0.3, 0.4) is 0 Å². The molecule has 3 aromatic carbocycles. The van der Waals surface area contributed by atoms with Gasteiger partial charge in [0.15, 0.2) is 5.78 Å². The second-order valence-corrected chi connectivity index (χ2v) is 6.52. The van der Waals surface area contributed by atoms with Crippen molar-refractivity contribution in [1.82, 2.24) is 0 Å². The first-order chi connectivity index (χ1) is 12.3. The van der Waals surface area contributed by atoms with Gasteiger partial charge < -0.3 is 0 Å². The summed E-state index contributed by atoms with van der Waals surface area (Å²) in [7, 11) is 0. The van der Waals surface area contributed by atoms with Crippen LogP contribution in [-0.4, -0.2) is 5.78 Å². The molecule has 0 N–H and O–H groups in total. The summed E-state index contributed by atoms with van der Waals surface area (Å²) < 4.78 is 0. The van der Waals surface area contributed by atoms with Crippen LogP contribution in [0.4, 0.5) is 0 Å². The third-order valence-electron chi connectivity index (χ3n) is 4.92. The average Bonchev–Trinajstić information content (AvgIpc) is 3.06. The molecule has 25 heavy (non-hydrogen) atoms. The zero-order chi connectivity index (χ0) is 17.1. The molecule has 1 heteroatoms. The first-order valence-electron chi connectivity index (χ1n) is 8.75. The fraction of sp³-hybridized carbons (Fsp3) is 0.125. The molecule has 0 aromatic heterocycles. The lowest BCUT2D eigenvalue weighted by atomic mass is 9.90. The van der Waals surface area contributed by atoms with E-state index in [0.29, 0.717) is 6.42 Å². The second kappa shape index (κ2) is 6.90. The summed E-state index contributed by atoms with van der Waals surface area (Å²) in [6.07, 6.45) is 1.41. The van der Waals surface area contributed by atoms with Gasteiger partial charge in [-0.2, -0.15) is 0 Å². The molecule has 3 aromatic rings. The lowest BCUT2D eigenvalue weighted by molar-refractivity contribution is -0.114. The van der Waals surface area contributed by atoms with Crippen LogP contribution in [0.25, 0.3) is 5.57 Å². The van der Waals surface area contributed by atoms with Crippen LogP contribution in [0.2, 0.25) is 0 Å². The van der Waals surface area contributed by atoms with Crippen LogP contribution in [-0.2, 0) is 4.79 Å². The van der Waals surface area contributed by atoms with Crippen molar-refractivity contribution < 1.29 is 4.79 Å². The highest BCUT2D eigenvalue weighted by atomic mass is 16.1. The molecule has 1 atom stereocenters. The Bertz CT molecular complexity index is 851. The number of ketones is 1. The fourth-order valence-corrected chi connectivity index (χ4v) is 3.71. The van der Waals surface area contributed by atoms with Gasteiger partial charge in [-0.05, 0) is 34.6 Å². The number of hydrogen-bond acceptors (Lipinski definition) is 1. The van der Waals surface area contributed by atoms with Gasteiger partial charge in [0.1, 0.15) is 0 Å². The molecule has 1 aliphatic carbocycles. The van der Waals surface area contributed by atoms with Gasteiger partial charge in [0, 0.05) is 12.0 Å². The van der Waals surface area contributed by atoms with E-state index in [-0.39, 0.29) is 11.7 Å². The summed E-state index contributed by atoms with van der Waals surface area (Å²) >= 11 is 0. The van der Waals surface area contributed by atoms with Gasteiger partial charge in [0.05, 0.1) is 0 Å². The molecule has 0 saturated heterocycles. The van der Waals surface area contributed by atoms with Crippen molar-refractivity contribution in [2.24, 2.45) is 0 Å². The summed E-state index contributed by atoms with van der Waals surface area (Å²) in [5.41, 5.74) is 5.54. The molecular weight excluding hydrogens is 304 g/mol. The fourth-order valence-electron chi connectivity index (χ4n) is 3.71. The number of Topliss-reactive ketones (excluding diaryl/α,β-unsaturated/α-hetero) is 1. The molecule has 0 spiro atoms. The van der Waals surface area contributed by atoms with E-state index < -0.39 is 0 Å². The smallest absolute Gasteiger partial charge is 0.160 e. The lowest BCUT2D eigenvalue weighted by Gasteiger charge is -2.13. The van der Waals surface area contributed by atoms with Crippen LogP contribution < -0.4 is 0 Å². The lowest BCUT2D eigenvalue weighted by Crippen LogP contribution is -1.99. The summed E-state index contributed by atoms with van der Waals surface area (Å²) in [4.78, 5) is 12.9. The van der Waals surface area contributed by atoms with Crippen molar-refractivity contribution >= 4 is 11.4 Å². The zero-order valence-electron chi connectivity index (χ0n) is 14.1. The number of carbonyl (C=O) groups excluding carboxylic acids is 1. The normalized spacial score (nSPS) is 16.9. The van der Waals surface area contributed by atoms with Crippen molar-refractivity contribution in [1.29, 1.82) is 0 Å². The zero-order valence-corrected chi connectivity index (χ0v) is 14.1. The Kier molecular flexibility index (Phi) is 4.30. The van der Waals surface area contributed by atoms with Gasteiger partial charge in [-0.3, -0.25) is 4.79 Å². The maximum atomic E-state index is 12.9. The summed E-state index contributed by atoms with van der Waals surface area (Å²) in [6.45, 7) is 0. The molecular formula is C24H20O. The van der Waals surface area contributed by atoms with Crippen molar-refractivity contribution in [2.75, 3.05) is 0 Å². The van der Waals surface area contributed by atoms with E-state index in [2.05, 4.69) is 48.5 Å². The first kappa shape index (κ1) is 15.6. The van der Waals surface area contributed by atoms with E-state index in [1.165, 1.54) is 5.56 Å². The van der Waals surface area contributed by atoms with Crippen molar-refractivity contribution in [3.8, 4) is 0 Å². The Balaban J connectivity index is 1.82. The maximum Gasteiger partial charge on any atom is 0.160 e. The summed E-state index contributed by atoms with van der Waals surface area (Å²) in [5.74, 6) is 0.558. The number of hydrogen-bond donors (Lipinski definition) is 0. The number of rotatable bonds is 3. The van der Waals surface area contributed by atoms with E-state index in [9.17, 15) is 4.79 Å². The number of allylic oxidation sites excluding steroid dienone is 1. The van der Waals surface area contributed by atoms with Gasteiger partial charge in [-0.1, -0.05) is 91.0 Å². The SMILES string of the molecule is O=C1CC(c2ccccc2)CC1=C(c1ccccc1)c1ccccc1. The molecule has 0 bridgehead atoms. The molecule has 1 unspecified atom stereocenters. The Morgan fingerprint density at radius 3 is 1.64 bits per heavy atom.